The summed E-state index contributed by atoms with van der Waals surface area (Å²) < 4.78 is 19.0. The molecule has 0 spiro atoms. The van der Waals surface area contributed by atoms with Gasteiger partial charge in [-0.2, -0.15) is 0 Å². The summed E-state index contributed by atoms with van der Waals surface area (Å²) in [5.41, 5.74) is 8.25. The number of hydrogen-bond donors (Lipinski definition) is 3. The number of nitrogens with two attached hydrogens (primary N) is 1. The van der Waals surface area contributed by atoms with E-state index < -0.39 is 11.9 Å². The number of hydrogen-bond acceptors (Lipinski definition) is 4. The number of aryl methyl sites for hydroxylation is 1. The molecule has 0 unspecified atom stereocenters. The van der Waals surface area contributed by atoms with E-state index in [9.17, 15) is 9.18 Å². The number of carbonyl (C=O) groups excluding carboxylic acids is 1. The molecule has 122 valence electrons. The van der Waals surface area contributed by atoms with Crippen LogP contribution in [0.25, 0.3) is 0 Å². The maximum Gasteiger partial charge on any atom is 0.411 e. The summed E-state index contributed by atoms with van der Waals surface area (Å²) in [5, 5.41) is 5.40. The second-order valence-corrected chi connectivity index (χ2v) is 5.07. The van der Waals surface area contributed by atoms with Crippen molar-refractivity contribution in [3.8, 4) is 0 Å². The molecule has 0 aromatic heterocycles. The number of rotatable bonds is 5. The van der Waals surface area contributed by atoms with E-state index in [2.05, 4.69) is 10.6 Å². The fourth-order valence-corrected chi connectivity index (χ4v) is 2.02. The Labute approximate surface area is 134 Å². The van der Waals surface area contributed by atoms with Gasteiger partial charge in [0.1, 0.15) is 0 Å². The summed E-state index contributed by atoms with van der Waals surface area (Å²) in [6, 6.07) is 11.0. The van der Waals surface area contributed by atoms with Crippen LogP contribution < -0.4 is 16.4 Å². The van der Waals surface area contributed by atoms with Crippen molar-refractivity contribution < 1.29 is 13.9 Å². The van der Waals surface area contributed by atoms with Gasteiger partial charge in [-0.25, -0.2) is 9.18 Å². The SMILES string of the molecule is CCOC(=O)Nc1ccc(NCc2ccc(C)cc2)c(F)c1N. The first-order chi connectivity index (χ1) is 11.0. The van der Waals surface area contributed by atoms with E-state index in [1.165, 1.54) is 17.7 Å². The second kappa shape index (κ2) is 7.49. The number of nitrogens with one attached hydrogen (secondary N) is 2. The van der Waals surface area contributed by atoms with Crippen LogP contribution in [-0.4, -0.2) is 12.7 Å². The van der Waals surface area contributed by atoms with E-state index in [0.717, 1.165) is 5.56 Å². The van der Waals surface area contributed by atoms with Crippen molar-refractivity contribution in [1.82, 2.24) is 0 Å². The quantitative estimate of drug-likeness (QED) is 0.731. The van der Waals surface area contributed by atoms with Crippen LogP contribution in [-0.2, 0) is 11.3 Å². The molecular formula is C17H20FN3O2. The highest BCUT2D eigenvalue weighted by Crippen LogP contribution is 2.28. The van der Waals surface area contributed by atoms with Gasteiger partial charge in [-0.1, -0.05) is 29.8 Å². The maximum atomic E-state index is 14.3. The van der Waals surface area contributed by atoms with E-state index in [4.69, 9.17) is 10.5 Å². The molecule has 0 aliphatic carbocycles. The minimum Gasteiger partial charge on any atom is -0.450 e. The first-order valence-corrected chi connectivity index (χ1v) is 7.32. The van der Waals surface area contributed by atoms with Gasteiger partial charge in [0.2, 0.25) is 0 Å². The van der Waals surface area contributed by atoms with Crippen LogP contribution in [0.2, 0.25) is 0 Å². The number of ether oxygens (including phenoxy) is 1. The summed E-state index contributed by atoms with van der Waals surface area (Å²) in [4.78, 5) is 11.4. The Balaban J connectivity index is 2.07. The molecular weight excluding hydrogens is 297 g/mol. The molecule has 0 atom stereocenters. The molecule has 2 aromatic rings. The highest BCUT2D eigenvalue weighted by atomic mass is 19.1. The Bertz CT molecular complexity index is 687. The Morgan fingerprint density at radius 3 is 2.48 bits per heavy atom. The molecule has 6 heteroatoms. The Morgan fingerprint density at radius 2 is 1.83 bits per heavy atom. The average molecular weight is 317 g/mol. The molecule has 23 heavy (non-hydrogen) atoms. The van der Waals surface area contributed by atoms with Crippen LogP contribution >= 0.6 is 0 Å². The van der Waals surface area contributed by atoms with Crippen LogP contribution in [0.5, 0.6) is 0 Å². The number of halogens is 1. The fourth-order valence-electron chi connectivity index (χ4n) is 2.02. The van der Waals surface area contributed by atoms with Crippen LogP contribution in [0, 0.1) is 12.7 Å². The van der Waals surface area contributed by atoms with E-state index in [-0.39, 0.29) is 23.7 Å². The van der Waals surface area contributed by atoms with Gasteiger partial charge in [0, 0.05) is 6.54 Å². The molecule has 2 aromatic carbocycles. The van der Waals surface area contributed by atoms with Gasteiger partial charge in [0.25, 0.3) is 0 Å². The lowest BCUT2D eigenvalue weighted by Gasteiger charge is -2.13. The van der Waals surface area contributed by atoms with Crippen LogP contribution in [0.3, 0.4) is 0 Å². The van der Waals surface area contributed by atoms with E-state index in [1.807, 2.05) is 31.2 Å². The summed E-state index contributed by atoms with van der Waals surface area (Å²) in [6.45, 7) is 4.39. The van der Waals surface area contributed by atoms with Gasteiger partial charge in [-0.3, -0.25) is 5.32 Å². The normalized spacial score (nSPS) is 10.2. The molecule has 0 radical (unpaired) electrons. The van der Waals surface area contributed by atoms with Gasteiger partial charge in [-0.15, -0.1) is 0 Å². The average Bonchev–Trinajstić information content (AvgIpc) is 2.53. The van der Waals surface area contributed by atoms with E-state index in [0.29, 0.717) is 6.54 Å². The minimum atomic E-state index is -0.668. The largest absolute Gasteiger partial charge is 0.450 e. The number of nitrogen functional groups attached to an aromatic ring is 1. The topological polar surface area (TPSA) is 76.4 Å². The third-order valence-electron chi connectivity index (χ3n) is 3.30. The van der Waals surface area contributed by atoms with Gasteiger partial charge >= 0.3 is 6.09 Å². The van der Waals surface area contributed by atoms with E-state index in [1.54, 1.807) is 6.92 Å². The molecule has 0 aliphatic rings. The Morgan fingerprint density at radius 1 is 1.17 bits per heavy atom. The van der Waals surface area contributed by atoms with Crippen molar-refractivity contribution in [2.24, 2.45) is 0 Å². The zero-order chi connectivity index (χ0) is 16.8. The minimum absolute atomic E-state index is 0.132. The Kier molecular flexibility index (Phi) is 5.41. The molecule has 1 amide bonds. The molecule has 4 N–H and O–H groups in total. The van der Waals surface area contributed by atoms with Gasteiger partial charge < -0.3 is 15.8 Å². The van der Waals surface area contributed by atoms with Crippen LogP contribution in [0.15, 0.2) is 36.4 Å². The predicted molar refractivity (Wildman–Crippen MR) is 90.0 cm³/mol. The zero-order valence-electron chi connectivity index (χ0n) is 13.2. The first-order valence-electron chi connectivity index (χ1n) is 7.32. The molecule has 0 aliphatic heterocycles. The third-order valence-corrected chi connectivity index (χ3v) is 3.30. The zero-order valence-corrected chi connectivity index (χ0v) is 13.2. The van der Waals surface area contributed by atoms with Gasteiger partial charge in [0.15, 0.2) is 5.82 Å². The fraction of sp³-hybridized carbons (Fsp3) is 0.235. The molecule has 0 saturated heterocycles. The smallest absolute Gasteiger partial charge is 0.411 e. The summed E-state index contributed by atoms with van der Waals surface area (Å²) in [7, 11) is 0. The van der Waals surface area contributed by atoms with Crippen molar-refractivity contribution in [1.29, 1.82) is 0 Å². The second-order valence-electron chi connectivity index (χ2n) is 5.07. The molecule has 0 saturated carbocycles. The maximum absolute atomic E-state index is 14.3. The standard InChI is InChI=1S/C17H20FN3O2/c1-3-23-17(22)21-14-9-8-13(15(18)16(14)19)20-10-12-6-4-11(2)5-7-12/h4-9,20H,3,10,19H2,1-2H3,(H,21,22). The van der Waals surface area contributed by atoms with Gasteiger partial charge in [-0.05, 0) is 31.5 Å². The number of anilines is 3. The molecule has 0 heterocycles. The first kappa shape index (κ1) is 16.6. The van der Waals surface area contributed by atoms with Crippen molar-refractivity contribution in [2.45, 2.75) is 20.4 Å². The lowest BCUT2D eigenvalue weighted by atomic mass is 10.1. The van der Waals surface area contributed by atoms with Crippen molar-refractivity contribution in [2.75, 3.05) is 23.0 Å². The summed E-state index contributed by atoms with van der Waals surface area (Å²) >= 11 is 0. The number of amides is 1. The molecule has 0 fully saturated rings. The molecule has 2 rings (SSSR count). The summed E-state index contributed by atoms with van der Waals surface area (Å²) in [5.74, 6) is -0.605. The van der Waals surface area contributed by atoms with Crippen molar-refractivity contribution >= 4 is 23.2 Å². The van der Waals surface area contributed by atoms with E-state index >= 15 is 0 Å². The lowest BCUT2D eigenvalue weighted by Crippen LogP contribution is -2.15. The van der Waals surface area contributed by atoms with Crippen LogP contribution in [0.4, 0.5) is 26.2 Å². The third kappa shape index (κ3) is 4.35. The number of carbonyl (C=O) groups is 1. The summed E-state index contributed by atoms with van der Waals surface area (Å²) in [6.07, 6.45) is -0.668. The van der Waals surface area contributed by atoms with Crippen molar-refractivity contribution in [3.05, 3.63) is 53.3 Å². The Hall–Kier alpha value is -2.76. The highest BCUT2D eigenvalue weighted by molar-refractivity contribution is 5.90. The molecule has 0 bridgehead atoms. The highest BCUT2D eigenvalue weighted by Gasteiger charge is 2.13. The van der Waals surface area contributed by atoms with Gasteiger partial charge in [0.05, 0.1) is 23.7 Å². The number of benzene rings is 2. The monoisotopic (exact) mass is 317 g/mol. The van der Waals surface area contributed by atoms with Crippen LogP contribution in [0.1, 0.15) is 18.1 Å². The van der Waals surface area contributed by atoms with Crippen molar-refractivity contribution in [3.63, 3.8) is 0 Å². The lowest BCUT2D eigenvalue weighted by molar-refractivity contribution is 0.168. The predicted octanol–water partition coefficient (Wildman–Crippen LogP) is 3.90. The molecule has 5 nitrogen and oxygen atoms in total.